The van der Waals surface area contributed by atoms with Gasteiger partial charge in [0.2, 0.25) is 11.8 Å². The van der Waals surface area contributed by atoms with Crippen LogP contribution in [-0.4, -0.2) is 48.8 Å². The van der Waals surface area contributed by atoms with E-state index in [1.54, 1.807) is 18.2 Å². The van der Waals surface area contributed by atoms with Crippen LogP contribution in [0.4, 0.5) is 15.8 Å². The first-order chi connectivity index (χ1) is 19.0. The lowest BCUT2D eigenvalue weighted by molar-refractivity contribution is -0.135. The van der Waals surface area contributed by atoms with Gasteiger partial charge >= 0.3 is 0 Å². The molecule has 3 aliphatic rings. The molecule has 2 saturated carbocycles. The lowest BCUT2D eigenvalue weighted by atomic mass is 10.1. The molecule has 3 amide bonds. The van der Waals surface area contributed by atoms with Crippen molar-refractivity contribution in [3.05, 3.63) is 59.4 Å². The van der Waals surface area contributed by atoms with E-state index in [1.807, 2.05) is 17.0 Å². The molecule has 0 bridgehead atoms. The Morgan fingerprint density at radius 2 is 1.49 bits per heavy atom. The number of nitrogens with zero attached hydrogens (tertiary/aromatic N) is 2. The Morgan fingerprint density at radius 1 is 0.795 bits per heavy atom. The van der Waals surface area contributed by atoms with Crippen molar-refractivity contribution in [1.82, 2.24) is 10.2 Å². The van der Waals surface area contributed by atoms with Crippen molar-refractivity contribution >= 4 is 29.1 Å². The molecule has 2 aromatic carbocycles. The third-order valence-corrected chi connectivity index (χ3v) is 8.45. The van der Waals surface area contributed by atoms with Crippen molar-refractivity contribution in [3.63, 3.8) is 0 Å². The van der Waals surface area contributed by atoms with Gasteiger partial charge in [0.15, 0.2) is 0 Å². The van der Waals surface area contributed by atoms with Crippen molar-refractivity contribution in [2.45, 2.75) is 64.3 Å². The summed E-state index contributed by atoms with van der Waals surface area (Å²) in [6.45, 7) is 3.01. The molecule has 0 aromatic heterocycles. The average molecular weight is 535 g/mol. The third-order valence-electron chi connectivity index (χ3n) is 8.45. The maximum absolute atomic E-state index is 13.5. The fourth-order valence-electron chi connectivity index (χ4n) is 6.19. The molecule has 2 N–H and O–H groups in total. The minimum absolute atomic E-state index is 0.00811. The molecule has 0 radical (unpaired) electrons. The Balaban J connectivity index is 1.33. The summed E-state index contributed by atoms with van der Waals surface area (Å²) in [4.78, 5) is 43.5. The number of amides is 3. The van der Waals surface area contributed by atoms with Crippen LogP contribution in [0, 0.1) is 17.7 Å². The van der Waals surface area contributed by atoms with E-state index in [1.165, 1.54) is 12.1 Å². The minimum Gasteiger partial charge on any atom is -0.369 e. The Morgan fingerprint density at radius 3 is 2.21 bits per heavy atom. The average Bonchev–Trinajstić information content (AvgIpc) is 3.64. The Bertz CT molecular complexity index is 1170. The van der Waals surface area contributed by atoms with Crippen LogP contribution < -0.4 is 15.5 Å². The van der Waals surface area contributed by atoms with Gasteiger partial charge in [-0.2, -0.15) is 0 Å². The Labute approximate surface area is 230 Å². The van der Waals surface area contributed by atoms with E-state index in [0.717, 1.165) is 82.1 Å². The van der Waals surface area contributed by atoms with Crippen LogP contribution >= 0.6 is 0 Å². The highest BCUT2D eigenvalue weighted by Gasteiger charge is 2.29. The predicted molar refractivity (Wildman–Crippen MR) is 150 cm³/mol. The second-order valence-corrected chi connectivity index (χ2v) is 11.2. The molecule has 2 aromatic rings. The first-order valence-electron chi connectivity index (χ1n) is 14.5. The van der Waals surface area contributed by atoms with E-state index < -0.39 is 0 Å². The molecule has 1 saturated heterocycles. The zero-order chi connectivity index (χ0) is 27.2. The summed E-state index contributed by atoms with van der Waals surface area (Å²) >= 11 is 0. The van der Waals surface area contributed by atoms with Gasteiger partial charge in [-0.3, -0.25) is 14.4 Å². The summed E-state index contributed by atoms with van der Waals surface area (Å²) < 4.78 is 13.3. The van der Waals surface area contributed by atoms with E-state index >= 15 is 0 Å². The van der Waals surface area contributed by atoms with Crippen molar-refractivity contribution < 1.29 is 18.8 Å². The molecule has 0 unspecified atom stereocenters. The van der Waals surface area contributed by atoms with Gasteiger partial charge < -0.3 is 20.4 Å². The molecule has 0 atom stereocenters. The molecular weight excluding hydrogens is 495 g/mol. The largest absolute Gasteiger partial charge is 0.369 e. The summed E-state index contributed by atoms with van der Waals surface area (Å²) in [6, 6.07) is 11.6. The highest BCUT2D eigenvalue weighted by Crippen LogP contribution is 2.30. The number of carbonyl (C=O) groups excluding carboxylic acids is 3. The van der Waals surface area contributed by atoms with Gasteiger partial charge in [-0.05, 0) is 68.0 Å². The number of carbonyl (C=O) groups is 3. The van der Waals surface area contributed by atoms with E-state index in [4.69, 9.17) is 0 Å². The number of rotatable bonds is 7. The van der Waals surface area contributed by atoms with Crippen LogP contribution in [0.2, 0.25) is 0 Å². The van der Waals surface area contributed by atoms with E-state index in [2.05, 4.69) is 15.5 Å². The number of halogens is 1. The molecule has 7 nitrogen and oxygen atoms in total. The normalized spacial score (nSPS) is 18.7. The number of hydrogen-bond donors (Lipinski definition) is 2. The van der Waals surface area contributed by atoms with Gasteiger partial charge in [-0.1, -0.05) is 37.8 Å². The molecule has 1 heterocycles. The summed E-state index contributed by atoms with van der Waals surface area (Å²) in [5.74, 6) is -0.110. The standard InChI is InChI=1S/C31H39FN4O3/c32-25-12-10-22(11-13-25)21-33-30(38)27-20-26(34-29(37)23-6-1-2-7-23)14-15-28(27)35-16-5-17-36(19-18-35)31(39)24-8-3-4-9-24/h10-15,20,23-24H,1-9,16-19,21H2,(H,33,38)(H,34,37). The molecule has 2 aliphatic carbocycles. The number of hydrogen-bond acceptors (Lipinski definition) is 4. The van der Waals surface area contributed by atoms with Gasteiger partial charge in [0, 0.05) is 55.9 Å². The Hall–Kier alpha value is -3.42. The van der Waals surface area contributed by atoms with Gasteiger partial charge in [-0.25, -0.2) is 4.39 Å². The quantitative estimate of drug-likeness (QED) is 0.517. The van der Waals surface area contributed by atoms with E-state index in [0.29, 0.717) is 24.3 Å². The maximum Gasteiger partial charge on any atom is 0.253 e. The van der Waals surface area contributed by atoms with Crippen LogP contribution in [0.15, 0.2) is 42.5 Å². The zero-order valence-corrected chi connectivity index (χ0v) is 22.6. The van der Waals surface area contributed by atoms with Crippen molar-refractivity contribution in [2.75, 3.05) is 36.4 Å². The molecule has 0 spiro atoms. The molecule has 3 fully saturated rings. The highest BCUT2D eigenvalue weighted by molar-refractivity contribution is 6.02. The summed E-state index contributed by atoms with van der Waals surface area (Å²) in [7, 11) is 0. The van der Waals surface area contributed by atoms with Gasteiger partial charge in [-0.15, -0.1) is 0 Å². The highest BCUT2D eigenvalue weighted by atomic mass is 19.1. The molecule has 5 rings (SSSR count). The summed E-state index contributed by atoms with van der Waals surface area (Å²) in [5, 5.41) is 5.99. The molecular formula is C31H39FN4O3. The van der Waals surface area contributed by atoms with Gasteiger partial charge in [0.25, 0.3) is 5.91 Å². The summed E-state index contributed by atoms with van der Waals surface area (Å²) in [6.07, 6.45) is 9.03. The first kappa shape index (κ1) is 27.2. The second-order valence-electron chi connectivity index (χ2n) is 11.2. The number of nitrogens with one attached hydrogen (secondary N) is 2. The van der Waals surface area contributed by atoms with Gasteiger partial charge in [0.05, 0.1) is 5.56 Å². The van der Waals surface area contributed by atoms with Crippen LogP contribution in [-0.2, 0) is 16.1 Å². The lowest BCUT2D eigenvalue weighted by Gasteiger charge is -2.27. The Kier molecular flexibility index (Phi) is 8.79. The maximum atomic E-state index is 13.5. The first-order valence-corrected chi connectivity index (χ1v) is 14.5. The third kappa shape index (κ3) is 6.78. The van der Waals surface area contributed by atoms with Gasteiger partial charge in [0.1, 0.15) is 5.82 Å². The van der Waals surface area contributed by atoms with Crippen molar-refractivity contribution in [2.24, 2.45) is 11.8 Å². The molecule has 8 heteroatoms. The zero-order valence-electron chi connectivity index (χ0n) is 22.6. The summed E-state index contributed by atoms with van der Waals surface area (Å²) in [5.41, 5.74) is 2.68. The fourth-order valence-corrected chi connectivity index (χ4v) is 6.19. The second kappa shape index (κ2) is 12.6. The van der Waals surface area contributed by atoms with E-state index in [9.17, 15) is 18.8 Å². The van der Waals surface area contributed by atoms with Crippen LogP contribution in [0.25, 0.3) is 0 Å². The molecule has 208 valence electrons. The molecule has 1 aliphatic heterocycles. The topological polar surface area (TPSA) is 81.8 Å². The van der Waals surface area contributed by atoms with Crippen molar-refractivity contribution in [3.8, 4) is 0 Å². The fraction of sp³-hybridized carbons (Fsp3) is 0.516. The van der Waals surface area contributed by atoms with Crippen LogP contribution in [0.1, 0.15) is 73.7 Å². The minimum atomic E-state index is -0.320. The predicted octanol–water partition coefficient (Wildman–Crippen LogP) is 5.11. The van der Waals surface area contributed by atoms with Crippen molar-refractivity contribution in [1.29, 1.82) is 0 Å². The number of benzene rings is 2. The van der Waals surface area contributed by atoms with Crippen LogP contribution in [0.3, 0.4) is 0 Å². The SMILES string of the molecule is O=C(NCc1ccc(F)cc1)c1cc(NC(=O)C2CCCC2)ccc1N1CCCN(C(=O)C2CCCC2)CC1. The molecule has 39 heavy (non-hydrogen) atoms. The lowest BCUT2D eigenvalue weighted by Crippen LogP contribution is -2.38. The monoisotopic (exact) mass is 534 g/mol. The number of anilines is 2. The van der Waals surface area contributed by atoms with E-state index in [-0.39, 0.29) is 41.9 Å². The van der Waals surface area contributed by atoms with Crippen LogP contribution in [0.5, 0.6) is 0 Å². The smallest absolute Gasteiger partial charge is 0.253 e.